The lowest BCUT2D eigenvalue weighted by Gasteiger charge is -2.18. The van der Waals surface area contributed by atoms with Crippen molar-refractivity contribution in [2.75, 3.05) is 39.5 Å². The number of fused-ring (bicyclic) bond motifs is 1. The fourth-order valence-electron chi connectivity index (χ4n) is 2.15. The minimum absolute atomic E-state index is 0.312. The van der Waals surface area contributed by atoms with Gasteiger partial charge in [0.25, 0.3) is 0 Å². The molecule has 5 nitrogen and oxygen atoms in total. The molecule has 1 N–H and O–H groups in total. The van der Waals surface area contributed by atoms with Gasteiger partial charge in [0.2, 0.25) is 0 Å². The second kappa shape index (κ2) is 7.14. The maximum absolute atomic E-state index is 12.0. The summed E-state index contributed by atoms with van der Waals surface area (Å²) < 4.78 is 16.2. The van der Waals surface area contributed by atoms with Gasteiger partial charge in [-0.15, -0.1) is 0 Å². The molecule has 0 radical (unpaired) electrons. The van der Waals surface area contributed by atoms with Crippen molar-refractivity contribution in [3.63, 3.8) is 0 Å². The highest BCUT2D eigenvalue weighted by molar-refractivity contribution is 5.90. The van der Waals surface area contributed by atoms with Crippen LogP contribution in [-0.4, -0.2) is 45.4 Å². The van der Waals surface area contributed by atoms with E-state index in [1.54, 1.807) is 18.2 Å². The average molecular weight is 280 g/mol. The van der Waals surface area contributed by atoms with Crippen molar-refractivity contribution in [2.24, 2.45) is 0 Å². The van der Waals surface area contributed by atoms with Crippen LogP contribution in [0.4, 0.5) is 0 Å². The van der Waals surface area contributed by atoms with E-state index in [0.717, 1.165) is 19.6 Å². The molecule has 0 fully saturated rings. The first-order valence-electron chi connectivity index (χ1n) is 7.15. The minimum atomic E-state index is -0.312. The number of nitrogens with one attached hydrogen (secondary N) is 1. The second-order valence-electron chi connectivity index (χ2n) is 4.70. The lowest BCUT2D eigenvalue weighted by atomic mass is 10.2. The van der Waals surface area contributed by atoms with Gasteiger partial charge in [-0.1, -0.05) is 0 Å². The molecule has 0 aromatic heterocycles. The van der Waals surface area contributed by atoms with Crippen molar-refractivity contribution in [1.82, 2.24) is 0 Å². The smallest absolute Gasteiger partial charge is 0.338 e. The van der Waals surface area contributed by atoms with E-state index in [2.05, 4.69) is 13.8 Å². The number of benzene rings is 1. The summed E-state index contributed by atoms with van der Waals surface area (Å²) in [5, 5.41) is 0. The largest absolute Gasteiger partial charge is 0.486 e. The highest BCUT2D eigenvalue weighted by atomic mass is 16.6. The third-order valence-corrected chi connectivity index (χ3v) is 3.47. The Kier molecular flexibility index (Phi) is 5.24. The van der Waals surface area contributed by atoms with Crippen LogP contribution >= 0.6 is 0 Å². The van der Waals surface area contributed by atoms with E-state index in [0.29, 0.717) is 36.9 Å². The van der Waals surface area contributed by atoms with Gasteiger partial charge in [-0.2, -0.15) is 0 Å². The maximum atomic E-state index is 12.0. The van der Waals surface area contributed by atoms with Crippen LogP contribution in [0.2, 0.25) is 0 Å². The Balaban J connectivity index is 1.89. The van der Waals surface area contributed by atoms with Crippen LogP contribution in [-0.2, 0) is 4.74 Å². The number of carbonyl (C=O) groups excluding carboxylic acids is 1. The molecule has 0 saturated heterocycles. The Labute approximate surface area is 119 Å². The molecule has 110 valence electrons. The van der Waals surface area contributed by atoms with Crippen LogP contribution in [0.25, 0.3) is 0 Å². The van der Waals surface area contributed by atoms with Gasteiger partial charge in [0.05, 0.1) is 18.7 Å². The molecule has 0 aliphatic carbocycles. The molecule has 1 aromatic rings. The highest BCUT2D eigenvalue weighted by Crippen LogP contribution is 2.30. The first-order valence-corrected chi connectivity index (χ1v) is 7.15. The van der Waals surface area contributed by atoms with E-state index in [1.807, 2.05) is 0 Å². The summed E-state index contributed by atoms with van der Waals surface area (Å²) >= 11 is 0. The monoisotopic (exact) mass is 280 g/mol. The van der Waals surface area contributed by atoms with Gasteiger partial charge in [-0.05, 0) is 32.0 Å². The summed E-state index contributed by atoms with van der Waals surface area (Å²) in [4.78, 5) is 13.4. The first kappa shape index (κ1) is 14.7. The van der Waals surface area contributed by atoms with Crippen molar-refractivity contribution in [3.8, 4) is 11.5 Å². The van der Waals surface area contributed by atoms with Crippen LogP contribution in [0.1, 0.15) is 24.2 Å². The fraction of sp³-hybridized carbons (Fsp3) is 0.533. The molecule has 0 spiro atoms. The number of carbonyl (C=O) groups is 1. The summed E-state index contributed by atoms with van der Waals surface area (Å²) in [7, 11) is 0. The SMILES string of the molecule is CC[NH+](CC)CCOC(=O)c1ccc2c(c1)OCCO2. The van der Waals surface area contributed by atoms with E-state index in [4.69, 9.17) is 14.2 Å². The van der Waals surface area contributed by atoms with E-state index >= 15 is 0 Å². The molecule has 2 rings (SSSR count). The molecule has 1 aliphatic heterocycles. The fourth-order valence-corrected chi connectivity index (χ4v) is 2.15. The van der Waals surface area contributed by atoms with Gasteiger partial charge in [0.1, 0.15) is 26.4 Å². The lowest BCUT2D eigenvalue weighted by Crippen LogP contribution is -3.11. The maximum Gasteiger partial charge on any atom is 0.338 e. The normalized spacial score (nSPS) is 13.3. The predicted molar refractivity (Wildman–Crippen MR) is 74.6 cm³/mol. The van der Waals surface area contributed by atoms with Gasteiger partial charge in [-0.25, -0.2) is 4.79 Å². The third-order valence-electron chi connectivity index (χ3n) is 3.47. The molecule has 1 aliphatic rings. The Bertz CT molecular complexity index is 457. The first-order chi connectivity index (χ1) is 9.74. The van der Waals surface area contributed by atoms with Crippen LogP contribution in [0.5, 0.6) is 11.5 Å². The van der Waals surface area contributed by atoms with E-state index in [1.165, 1.54) is 4.90 Å². The molecular formula is C15H22NO4+. The van der Waals surface area contributed by atoms with Crippen molar-refractivity contribution < 1.29 is 23.9 Å². The van der Waals surface area contributed by atoms with E-state index in [-0.39, 0.29) is 5.97 Å². The van der Waals surface area contributed by atoms with Gasteiger partial charge >= 0.3 is 5.97 Å². The summed E-state index contributed by atoms with van der Waals surface area (Å²) in [6, 6.07) is 5.14. The summed E-state index contributed by atoms with van der Waals surface area (Å²) in [6.45, 7) is 8.66. The predicted octanol–water partition coefficient (Wildman–Crippen LogP) is 0.539. The molecule has 1 aromatic carbocycles. The molecule has 0 unspecified atom stereocenters. The molecule has 0 saturated carbocycles. The number of quaternary nitrogens is 1. The molecule has 1 heterocycles. The molecular weight excluding hydrogens is 258 g/mol. The quantitative estimate of drug-likeness (QED) is 0.773. The van der Waals surface area contributed by atoms with Gasteiger partial charge in [-0.3, -0.25) is 0 Å². The van der Waals surface area contributed by atoms with Crippen LogP contribution < -0.4 is 14.4 Å². The van der Waals surface area contributed by atoms with Crippen molar-refractivity contribution in [3.05, 3.63) is 23.8 Å². The Morgan fingerprint density at radius 2 is 1.90 bits per heavy atom. The molecule has 0 atom stereocenters. The number of hydrogen-bond donors (Lipinski definition) is 1. The standard InChI is InChI=1S/C15H21NO4/c1-3-16(4-2)7-8-20-15(17)12-5-6-13-14(11-12)19-10-9-18-13/h5-6,11H,3-4,7-10H2,1-2H3/p+1. The third kappa shape index (κ3) is 3.63. The topological polar surface area (TPSA) is 49.2 Å². The zero-order valence-corrected chi connectivity index (χ0v) is 12.1. The molecule has 20 heavy (non-hydrogen) atoms. The van der Waals surface area contributed by atoms with Crippen LogP contribution in [0, 0.1) is 0 Å². The summed E-state index contributed by atoms with van der Waals surface area (Å²) in [6.07, 6.45) is 0. The molecule has 0 amide bonds. The highest BCUT2D eigenvalue weighted by Gasteiger charge is 2.16. The van der Waals surface area contributed by atoms with Crippen molar-refractivity contribution >= 4 is 5.97 Å². The molecule has 0 bridgehead atoms. The number of ether oxygens (including phenoxy) is 3. The Morgan fingerprint density at radius 1 is 1.20 bits per heavy atom. The molecule has 5 heteroatoms. The van der Waals surface area contributed by atoms with Gasteiger partial charge in [0, 0.05) is 0 Å². The van der Waals surface area contributed by atoms with Crippen LogP contribution in [0.15, 0.2) is 18.2 Å². The summed E-state index contributed by atoms with van der Waals surface area (Å²) in [5.41, 5.74) is 0.504. The van der Waals surface area contributed by atoms with E-state index in [9.17, 15) is 4.79 Å². The van der Waals surface area contributed by atoms with Crippen LogP contribution in [0.3, 0.4) is 0 Å². The van der Waals surface area contributed by atoms with Crippen molar-refractivity contribution in [2.45, 2.75) is 13.8 Å². The number of hydrogen-bond acceptors (Lipinski definition) is 4. The zero-order chi connectivity index (χ0) is 14.4. The lowest BCUT2D eigenvalue weighted by molar-refractivity contribution is -0.896. The van der Waals surface area contributed by atoms with Gasteiger partial charge in [0.15, 0.2) is 11.5 Å². The average Bonchev–Trinajstić information content (AvgIpc) is 2.51. The Hall–Kier alpha value is -1.75. The number of likely N-dealkylation sites (N-methyl/N-ethyl adjacent to an activating group) is 1. The van der Waals surface area contributed by atoms with Crippen molar-refractivity contribution in [1.29, 1.82) is 0 Å². The van der Waals surface area contributed by atoms with E-state index < -0.39 is 0 Å². The zero-order valence-electron chi connectivity index (χ0n) is 12.1. The number of rotatable bonds is 6. The van der Waals surface area contributed by atoms with Gasteiger partial charge < -0.3 is 19.1 Å². The Morgan fingerprint density at radius 3 is 2.60 bits per heavy atom. The second-order valence-corrected chi connectivity index (χ2v) is 4.70. The minimum Gasteiger partial charge on any atom is -0.486 e. The number of esters is 1. The summed E-state index contributed by atoms with van der Waals surface area (Å²) in [5.74, 6) is 0.981.